The second kappa shape index (κ2) is 4.92. The Labute approximate surface area is 131 Å². The molecular weight excluding hydrogens is 402 g/mol. The van der Waals surface area contributed by atoms with E-state index in [0.29, 0.717) is 19.7 Å². The smallest absolute Gasteiger partial charge is 0.164 e. The van der Waals surface area contributed by atoms with Gasteiger partial charge in [-0.3, -0.25) is 0 Å². The van der Waals surface area contributed by atoms with Crippen molar-refractivity contribution in [2.75, 3.05) is 0 Å². The second-order valence-corrected chi connectivity index (χ2v) is 6.29. The van der Waals surface area contributed by atoms with E-state index in [-0.39, 0.29) is 0 Å². The molecule has 6 heteroatoms. The lowest BCUT2D eigenvalue weighted by Crippen LogP contribution is -1.93. The fourth-order valence-corrected chi connectivity index (χ4v) is 3.23. The Bertz CT molecular complexity index is 719. The van der Waals surface area contributed by atoms with Crippen molar-refractivity contribution in [2.24, 2.45) is 0 Å². The van der Waals surface area contributed by atoms with Gasteiger partial charge in [-0.05, 0) is 28.7 Å². The molecule has 0 atom stereocenters. The molecule has 1 aromatic carbocycles. The minimum atomic E-state index is 0.390. The van der Waals surface area contributed by atoms with Gasteiger partial charge in [-0.2, -0.15) is 0 Å². The van der Waals surface area contributed by atoms with Gasteiger partial charge in [-0.25, -0.2) is 9.97 Å². The van der Waals surface area contributed by atoms with Gasteiger partial charge in [0.05, 0.1) is 3.57 Å². The summed E-state index contributed by atoms with van der Waals surface area (Å²) in [5.41, 5.74) is 0.968. The number of nitrogens with zero attached hydrogens (tertiary/aromatic N) is 2. The lowest BCUT2D eigenvalue weighted by atomic mass is 10.2. The molecule has 2 nitrogen and oxygen atoms in total. The number of fused-ring (bicyclic) bond motifs is 1. The number of aromatic nitrogens is 2. The van der Waals surface area contributed by atoms with Gasteiger partial charge in [0.2, 0.25) is 0 Å². The fraction of sp³-hybridized carbons (Fsp3) is 0. The van der Waals surface area contributed by atoms with E-state index in [1.165, 1.54) is 4.70 Å². The van der Waals surface area contributed by atoms with Gasteiger partial charge in [0.1, 0.15) is 10.3 Å². The highest BCUT2D eigenvalue weighted by molar-refractivity contribution is 14.1. The van der Waals surface area contributed by atoms with Crippen molar-refractivity contribution in [3.05, 3.63) is 43.5 Å². The molecule has 2 aromatic heterocycles. The Morgan fingerprint density at radius 3 is 2.44 bits per heavy atom. The number of benzene rings is 1. The monoisotopic (exact) mass is 406 g/mol. The fourth-order valence-electron chi connectivity index (χ4n) is 1.67. The Balaban J connectivity index is 2.26. The summed E-state index contributed by atoms with van der Waals surface area (Å²) in [5, 5.41) is 3.93. The van der Waals surface area contributed by atoms with E-state index >= 15 is 0 Å². The molecule has 0 saturated heterocycles. The molecule has 0 amide bonds. The minimum absolute atomic E-state index is 0.390. The topological polar surface area (TPSA) is 25.8 Å². The summed E-state index contributed by atoms with van der Waals surface area (Å²) in [6.07, 6.45) is 0. The van der Waals surface area contributed by atoms with Gasteiger partial charge in [0.15, 0.2) is 5.82 Å². The number of hydrogen-bond donors (Lipinski definition) is 0. The Kier molecular flexibility index (Phi) is 3.44. The van der Waals surface area contributed by atoms with E-state index in [9.17, 15) is 0 Å². The zero-order valence-electron chi connectivity index (χ0n) is 8.82. The van der Waals surface area contributed by atoms with E-state index in [4.69, 9.17) is 23.2 Å². The first-order valence-electron chi connectivity index (χ1n) is 5.02. The summed E-state index contributed by atoms with van der Waals surface area (Å²) in [5.74, 6) is 0.572. The minimum Gasteiger partial charge on any atom is -0.215 e. The summed E-state index contributed by atoms with van der Waals surface area (Å²) >= 11 is 15.8. The molecule has 90 valence electrons. The van der Waals surface area contributed by atoms with Crippen LogP contribution >= 0.6 is 57.1 Å². The summed E-state index contributed by atoms with van der Waals surface area (Å²) in [6.45, 7) is 0. The molecule has 0 spiro atoms. The van der Waals surface area contributed by atoms with Gasteiger partial charge in [0, 0.05) is 21.0 Å². The van der Waals surface area contributed by atoms with Crippen LogP contribution in [-0.4, -0.2) is 9.97 Å². The quantitative estimate of drug-likeness (QED) is 0.406. The lowest BCUT2D eigenvalue weighted by Gasteiger charge is -2.02. The van der Waals surface area contributed by atoms with Gasteiger partial charge >= 0.3 is 0 Å². The van der Waals surface area contributed by atoms with Gasteiger partial charge < -0.3 is 0 Å². The summed E-state index contributed by atoms with van der Waals surface area (Å²) in [4.78, 5) is 8.59. The van der Waals surface area contributed by atoms with Crippen molar-refractivity contribution in [3.63, 3.8) is 0 Å². The standard InChI is InChI=1S/C12H5Cl2IN2S/c13-10-9(15)11(14)17-12(16-10)7-5-18-8-4-2-1-3-6(7)8/h1-5H. The summed E-state index contributed by atoms with van der Waals surface area (Å²) in [6, 6.07) is 8.12. The molecule has 0 radical (unpaired) electrons. The Hall–Kier alpha value is -0.430. The van der Waals surface area contributed by atoms with E-state index < -0.39 is 0 Å². The van der Waals surface area contributed by atoms with Crippen LogP contribution in [0.1, 0.15) is 0 Å². The van der Waals surface area contributed by atoms with Crippen LogP contribution in [0.4, 0.5) is 0 Å². The van der Waals surface area contributed by atoms with Crippen molar-refractivity contribution < 1.29 is 0 Å². The molecule has 3 rings (SSSR count). The predicted octanol–water partition coefficient (Wildman–Crippen LogP) is 5.27. The van der Waals surface area contributed by atoms with Crippen molar-refractivity contribution >= 4 is 67.2 Å². The van der Waals surface area contributed by atoms with Gasteiger partial charge in [-0.15, -0.1) is 11.3 Å². The maximum Gasteiger partial charge on any atom is 0.164 e. The van der Waals surface area contributed by atoms with Crippen LogP contribution in [0.3, 0.4) is 0 Å². The number of rotatable bonds is 1. The molecule has 3 aromatic rings. The van der Waals surface area contributed by atoms with Crippen molar-refractivity contribution in [1.82, 2.24) is 9.97 Å². The average molecular weight is 407 g/mol. The molecule has 0 aliphatic heterocycles. The van der Waals surface area contributed by atoms with Crippen LogP contribution in [-0.2, 0) is 0 Å². The van der Waals surface area contributed by atoms with Crippen LogP contribution < -0.4 is 0 Å². The Morgan fingerprint density at radius 2 is 1.72 bits per heavy atom. The van der Waals surface area contributed by atoms with Crippen molar-refractivity contribution in [1.29, 1.82) is 0 Å². The highest BCUT2D eigenvalue weighted by Crippen LogP contribution is 2.34. The van der Waals surface area contributed by atoms with E-state index in [1.54, 1.807) is 11.3 Å². The molecule has 0 unspecified atom stereocenters. The first-order valence-corrected chi connectivity index (χ1v) is 7.73. The third-order valence-corrected chi connectivity index (χ3v) is 5.66. The first kappa shape index (κ1) is 12.6. The molecular formula is C12H5Cl2IN2S. The van der Waals surface area contributed by atoms with Crippen LogP contribution in [0.15, 0.2) is 29.6 Å². The maximum atomic E-state index is 6.05. The lowest BCUT2D eigenvalue weighted by molar-refractivity contribution is 1.16. The normalized spacial score (nSPS) is 11.1. The molecule has 0 fully saturated rings. The van der Waals surface area contributed by atoms with E-state index in [1.807, 2.05) is 46.2 Å². The molecule has 18 heavy (non-hydrogen) atoms. The van der Waals surface area contributed by atoms with Crippen LogP contribution in [0.2, 0.25) is 10.3 Å². The SMILES string of the molecule is Clc1nc(-c2csc3ccccc23)nc(Cl)c1I. The highest BCUT2D eigenvalue weighted by atomic mass is 127. The van der Waals surface area contributed by atoms with E-state index in [0.717, 1.165) is 10.9 Å². The molecule has 0 bridgehead atoms. The zero-order valence-corrected chi connectivity index (χ0v) is 13.3. The summed E-state index contributed by atoms with van der Waals surface area (Å²) in [7, 11) is 0. The Morgan fingerprint density at radius 1 is 1.06 bits per heavy atom. The molecule has 2 heterocycles. The summed E-state index contributed by atoms with van der Waals surface area (Å²) < 4.78 is 1.88. The molecule has 0 saturated carbocycles. The van der Waals surface area contributed by atoms with E-state index in [2.05, 4.69) is 16.0 Å². The predicted molar refractivity (Wildman–Crippen MR) is 85.6 cm³/mol. The van der Waals surface area contributed by atoms with Crippen LogP contribution in [0, 0.1) is 3.57 Å². The van der Waals surface area contributed by atoms with Gasteiger partial charge in [-0.1, -0.05) is 41.4 Å². The highest BCUT2D eigenvalue weighted by Gasteiger charge is 2.13. The third kappa shape index (κ3) is 2.11. The third-order valence-electron chi connectivity index (χ3n) is 2.49. The van der Waals surface area contributed by atoms with Crippen molar-refractivity contribution in [2.45, 2.75) is 0 Å². The first-order chi connectivity index (χ1) is 8.66. The molecule has 0 N–H and O–H groups in total. The zero-order chi connectivity index (χ0) is 12.7. The number of halogens is 3. The van der Waals surface area contributed by atoms with Gasteiger partial charge in [0.25, 0.3) is 0 Å². The maximum absolute atomic E-state index is 6.05. The van der Waals surface area contributed by atoms with Crippen LogP contribution in [0.25, 0.3) is 21.5 Å². The molecule has 0 aliphatic rings. The van der Waals surface area contributed by atoms with Crippen molar-refractivity contribution in [3.8, 4) is 11.4 Å². The largest absolute Gasteiger partial charge is 0.215 e. The average Bonchev–Trinajstić information content (AvgIpc) is 2.79. The second-order valence-electron chi connectivity index (χ2n) is 3.59. The molecule has 0 aliphatic carbocycles. The number of hydrogen-bond acceptors (Lipinski definition) is 3. The number of thiophene rings is 1. The van der Waals surface area contributed by atoms with Crippen LogP contribution in [0.5, 0.6) is 0 Å².